The zero-order valence-electron chi connectivity index (χ0n) is 36.7. The number of likely N-dealkylation sites (tertiary alicyclic amines) is 1. The molecule has 0 bridgehead atoms. The third-order valence-electron chi connectivity index (χ3n) is 12.1. The summed E-state index contributed by atoms with van der Waals surface area (Å²) in [5.41, 5.74) is -0.256. The summed E-state index contributed by atoms with van der Waals surface area (Å²) in [5, 5.41) is 6.23. The molecule has 1 aliphatic heterocycles. The zero-order chi connectivity index (χ0) is 42.7. The van der Waals surface area contributed by atoms with Crippen molar-refractivity contribution in [2.45, 2.75) is 143 Å². The topological polar surface area (TPSA) is 152 Å². The Bertz CT molecular complexity index is 1580. The molecule has 1 aliphatic rings. The molecule has 3 rings (SSSR count). The van der Waals surface area contributed by atoms with Crippen LogP contribution < -0.4 is 10.6 Å². The average molecular weight is 795 g/mol. The molecular formula is C44H70N6O7. The van der Waals surface area contributed by atoms with Gasteiger partial charge in [0.1, 0.15) is 23.5 Å². The number of esters is 1. The summed E-state index contributed by atoms with van der Waals surface area (Å²) < 4.78 is 18.1. The Labute approximate surface area is 341 Å². The molecule has 13 nitrogen and oxygen atoms in total. The Morgan fingerprint density at radius 2 is 1.65 bits per heavy atom. The first-order valence-corrected chi connectivity index (χ1v) is 20.5. The van der Waals surface area contributed by atoms with E-state index in [-0.39, 0.29) is 53.9 Å². The smallest absolute Gasteiger partial charge is 0.329 e. The minimum atomic E-state index is -0.937. The van der Waals surface area contributed by atoms with Gasteiger partial charge in [-0.15, -0.1) is 0 Å². The molecule has 57 heavy (non-hydrogen) atoms. The van der Waals surface area contributed by atoms with Crippen molar-refractivity contribution >= 4 is 29.5 Å². The number of carbonyl (C=O) groups excluding carboxylic acids is 4. The zero-order valence-corrected chi connectivity index (χ0v) is 36.7. The third-order valence-corrected chi connectivity index (χ3v) is 12.1. The van der Waals surface area contributed by atoms with E-state index >= 15 is 0 Å². The Morgan fingerprint density at radius 3 is 2.19 bits per heavy atom. The van der Waals surface area contributed by atoms with E-state index in [0.717, 1.165) is 18.4 Å². The number of amides is 3. The molecule has 1 fully saturated rings. The number of anilines is 1. The number of hydrogen-bond donors (Lipinski definition) is 2. The van der Waals surface area contributed by atoms with E-state index in [1.807, 2.05) is 78.8 Å². The number of methoxy groups -OCH3 is 2. The number of ether oxygens (including phenoxy) is 3. The van der Waals surface area contributed by atoms with Gasteiger partial charge in [0, 0.05) is 52.0 Å². The van der Waals surface area contributed by atoms with Crippen LogP contribution in [0, 0.1) is 23.2 Å². The van der Waals surface area contributed by atoms with Crippen molar-refractivity contribution in [2.75, 3.05) is 33.1 Å². The van der Waals surface area contributed by atoms with Gasteiger partial charge in [0.15, 0.2) is 0 Å². The molecule has 13 heteroatoms. The van der Waals surface area contributed by atoms with Gasteiger partial charge in [0.25, 0.3) is 0 Å². The molecule has 1 saturated heterocycles. The van der Waals surface area contributed by atoms with Gasteiger partial charge >= 0.3 is 5.97 Å². The SMILES string of the molecule is CC[C@H](C)[C@@H]([C@@H](CC(=O)N1CCC[C@H]1[C@H](OC)[C@@H](C)C(=O)N[C@@H](Cc1ccccc1)C(=O)OC(C)(C)C(C)(C)C)OC)N(C)C(=O)[C@@H](Nc1cnccn1)C(C)C. The Balaban J connectivity index is 1.81. The van der Waals surface area contributed by atoms with E-state index in [9.17, 15) is 19.2 Å². The largest absolute Gasteiger partial charge is 0.458 e. The first kappa shape index (κ1) is 47.3. The molecule has 3 amide bonds. The van der Waals surface area contributed by atoms with Gasteiger partial charge < -0.3 is 34.6 Å². The van der Waals surface area contributed by atoms with Crippen molar-refractivity contribution < 1.29 is 33.4 Å². The molecule has 0 saturated carbocycles. The van der Waals surface area contributed by atoms with E-state index in [2.05, 4.69) is 34.4 Å². The molecule has 0 radical (unpaired) electrons. The summed E-state index contributed by atoms with van der Waals surface area (Å²) in [6.07, 6.45) is 5.93. The fraction of sp³-hybridized carbons (Fsp3) is 0.682. The first-order chi connectivity index (χ1) is 26.8. The monoisotopic (exact) mass is 795 g/mol. The normalized spacial score (nSPS) is 18.5. The molecule has 2 heterocycles. The van der Waals surface area contributed by atoms with Gasteiger partial charge in [0.05, 0.1) is 42.8 Å². The average Bonchev–Trinajstić information content (AvgIpc) is 3.66. The molecule has 1 aromatic heterocycles. The fourth-order valence-corrected chi connectivity index (χ4v) is 7.39. The maximum absolute atomic E-state index is 14.3. The van der Waals surface area contributed by atoms with E-state index < -0.39 is 47.8 Å². The Hall–Kier alpha value is -4.10. The molecule has 0 unspecified atom stereocenters. The highest BCUT2D eigenvalue weighted by Gasteiger charge is 2.44. The molecule has 318 valence electrons. The van der Waals surface area contributed by atoms with Crippen molar-refractivity contribution in [3.05, 3.63) is 54.5 Å². The molecular weight excluding hydrogens is 725 g/mol. The van der Waals surface area contributed by atoms with E-state index in [1.165, 1.54) is 0 Å². The Morgan fingerprint density at radius 1 is 0.982 bits per heavy atom. The lowest BCUT2D eigenvalue weighted by molar-refractivity contribution is -0.171. The quantitative estimate of drug-likeness (QED) is 0.154. The highest BCUT2D eigenvalue weighted by atomic mass is 16.6. The van der Waals surface area contributed by atoms with Crippen LogP contribution in [0.25, 0.3) is 0 Å². The van der Waals surface area contributed by atoms with Crippen molar-refractivity contribution in [3.63, 3.8) is 0 Å². The lowest BCUT2D eigenvalue weighted by Crippen LogP contribution is -2.56. The van der Waals surface area contributed by atoms with Gasteiger partial charge in [-0.3, -0.25) is 19.4 Å². The number of rotatable bonds is 20. The molecule has 2 aromatic rings. The van der Waals surface area contributed by atoms with E-state index in [0.29, 0.717) is 18.8 Å². The maximum Gasteiger partial charge on any atom is 0.329 e. The number of likely N-dealkylation sites (N-methyl/N-ethyl adjacent to an activating group) is 1. The van der Waals surface area contributed by atoms with Crippen molar-refractivity contribution in [3.8, 4) is 0 Å². The minimum Gasteiger partial charge on any atom is -0.458 e. The second kappa shape index (κ2) is 21.1. The lowest BCUT2D eigenvalue weighted by Gasteiger charge is -2.41. The van der Waals surface area contributed by atoms with E-state index in [4.69, 9.17) is 14.2 Å². The second-order valence-corrected chi connectivity index (χ2v) is 17.5. The van der Waals surface area contributed by atoms with Crippen LogP contribution >= 0.6 is 0 Å². The minimum absolute atomic E-state index is 0.00957. The van der Waals surface area contributed by atoms with E-state index in [1.54, 1.807) is 56.6 Å². The summed E-state index contributed by atoms with van der Waals surface area (Å²) in [4.78, 5) is 68.2. The molecule has 0 aliphatic carbocycles. The number of carbonyl (C=O) groups is 4. The number of benzene rings is 1. The highest BCUT2D eigenvalue weighted by Crippen LogP contribution is 2.34. The van der Waals surface area contributed by atoms with Crippen molar-refractivity contribution in [2.24, 2.45) is 23.2 Å². The highest BCUT2D eigenvalue weighted by molar-refractivity contribution is 5.87. The molecule has 8 atom stereocenters. The standard InChI is InChI=1S/C44H70N6O7/c1-14-29(4)38(49(11)41(53)37(28(2)3)48-35-27-45-22-23-46-35)34(55-12)26-36(51)50-24-18-21-33(50)39(56-13)30(5)40(52)47-32(25-31-19-16-15-17-20-31)42(54)57-44(9,10)43(6,7)8/h15-17,19-20,22-23,27-30,32-34,37-39H,14,18,21,24-26H2,1-13H3,(H,46,48)(H,47,52)/t29-,30+,32-,33-,34+,37-,38-,39+/m0/s1. The predicted molar refractivity (Wildman–Crippen MR) is 222 cm³/mol. The number of hydrogen-bond acceptors (Lipinski definition) is 10. The lowest BCUT2D eigenvalue weighted by atomic mass is 9.79. The summed E-state index contributed by atoms with van der Waals surface area (Å²) in [5.74, 6) is -1.41. The van der Waals surface area contributed by atoms with Crippen LogP contribution in [0.15, 0.2) is 48.9 Å². The van der Waals surface area contributed by atoms with Crippen LogP contribution in [0.3, 0.4) is 0 Å². The summed E-state index contributed by atoms with van der Waals surface area (Å²) in [7, 11) is 4.90. The van der Waals surface area contributed by atoms with Crippen molar-refractivity contribution in [1.29, 1.82) is 0 Å². The van der Waals surface area contributed by atoms with Crippen LogP contribution in [0.5, 0.6) is 0 Å². The van der Waals surface area contributed by atoms with Crippen molar-refractivity contribution in [1.82, 2.24) is 25.1 Å². The maximum atomic E-state index is 14.3. The predicted octanol–water partition coefficient (Wildman–Crippen LogP) is 5.93. The first-order valence-electron chi connectivity index (χ1n) is 20.5. The van der Waals surface area contributed by atoms with Gasteiger partial charge in [-0.2, -0.15) is 0 Å². The number of aromatic nitrogens is 2. The third kappa shape index (κ3) is 12.4. The number of nitrogens with zero attached hydrogens (tertiary/aromatic N) is 4. The van der Waals surface area contributed by atoms with Crippen LogP contribution in [0.1, 0.15) is 100 Å². The van der Waals surface area contributed by atoms with Crippen LogP contribution in [-0.2, 0) is 39.8 Å². The molecule has 1 aromatic carbocycles. The molecule has 0 spiro atoms. The summed E-state index contributed by atoms with van der Waals surface area (Å²) >= 11 is 0. The van der Waals surface area contributed by atoms with Crippen LogP contribution in [-0.4, -0.2) is 113 Å². The summed E-state index contributed by atoms with van der Waals surface area (Å²) in [6.45, 7) is 20.1. The molecule has 2 N–H and O–H groups in total. The van der Waals surface area contributed by atoms with Gasteiger partial charge in [0.2, 0.25) is 17.7 Å². The number of nitrogens with one attached hydrogen (secondary N) is 2. The second-order valence-electron chi connectivity index (χ2n) is 17.5. The van der Waals surface area contributed by atoms with Gasteiger partial charge in [-0.25, -0.2) is 9.78 Å². The summed E-state index contributed by atoms with van der Waals surface area (Å²) in [6, 6.07) is 7.20. The van der Waals surface area contributed by atoms with Crippen LogP contribution in [0.4, 0.5) is 5.82 Å². The fourth-order valence-electron chi connectivity index (χ4n) is 7.39. The Kier molecular flexibility index (Phi) is 17.5. The van der Waals surface area contributed by atoms with Crippen LogP contribution in [0.2, 0.25) is 0 Å². The van der Waals surface area contributed by atoms with Gasteiger partial charge in [-0.1, -0.05) is 92.1 Å². The van der Waals surface area contributed by atoms with Gasteiger partial charge in [-0.05, 0) is 44.1 Å².